The van der Waals surface area contributed by atoms with E-state index >= 15 is 0 Å². The van der Waals surface area contributed by atoms with Crippen molar-refractivity contribution in [3.8, 4) is 0 Å². The first kappa shape index (κ1) is 7.40. The Bertz CT molecular complexity index is 266. The van der Waals surface area contributed by atoms with Gasteiger partial charge in [0.1, 0.15) is 0 Å². The van der Waals surface area contributed by atoms with E-state index in [0.29, 0.717) is 0 Å². The minimum Gasteiger partial charge on any atom is -0.475 e. The van der Waals surface area contributed by atoms with Crippen LogP contribution in [0.2, 0.25) is 0 Å². The fourth-order valence-corrected chi connectivity index (χ4v) is 0.548. The monoisotopic (exact) mass is 153 g/mol. The fourth-order valence-electron chi connectivity index (χ4n) is 0.548. The molecule has 1 rings (SSSR count). The predicted octanol–water partition coefficient (Wildman–Crippen LogP) is 1.43. The molecule has 4 nitrogen and oxygen atoms in total. The van der Waals surface area contributed by atoms with Crippen LogP contribution in [0.3, 0.4) is 0 Å². The van der Waals surface area contributed by atoms with Crippen molar-refractivity contribution in [2.45, 2.75) is 0 Å². The lowest BCUT2D eigenvalue weighted by Crippen LogP contribution is -1.94. The minimum atomic E-state index is -1.10. The van der Waals surface area contributed by atoms with Gasteiger partial charge in [-0.3, -0.25) is 0 Å². The molecule has 1 aromatic heterocycles. The van der Waals surface area contributed by atoms with Crippen molar-refractivity contribution in [3.05, 3.63) is 36.2 Å². The number of H-pyrrole nitrogens is 1. The molecule has 58 valence electrons. The Kier molecular flexibility index (Phi) is 2.32. The Labute approximate surface area is 62.7 Å². The number of rotatable bonds is 1. The molecule has 0 unspecified atom stereocenters. The van der Waals surface area contributed by atoms with E-state index in [4.69, 9.17) is 5.11 Å². The number of carboxylic acid groups (broad SMARTS) is 1. The normalized spacial score (nSPS) is 8.73. The van der Waals surface area contributed by atoms with Crippen molar-refractivity contribution < 1.29 is 14.4 Å². The van der Waals surface area contributed by atoms with Gasteiger partial charge in [-0.25, -0.2) is 9.95 Å². The summed E-state index contributed by atoms with van der Waals surface area (Å²) in [6, 6.07) is 6.33. The second-order valence-electron chi connectivity index (χ2n) is 1.80. The van der Waals surface area contributed by atoms with Crippen molar-refractivity contribution in [1.82, 2.24) is 5.16 Å². The standard InChI is InChI=1S/C7H7NO3/c9-7(10)6-4-2-1-3-5-8-11-6/h1-5,8H,(H,9,10). The van der Waals surface area contributed by atoms with Crippen LogP contribution in [0.25, 0.3) is 0 Å². The van der Waals surface area contributed by atoms with Crippen LogP contribution < -0.4 is 0 Å². The Balaban J connectivity index is 3.12. The maximum atomic E-state index is 10.3. The lowest BCUT2D eigenvalue weighted by molar-refractivity contribution is 0.0647. The summed E-state index contributed by atoms with van der Waals surface area (Å²) >= 11 is 0. The highest BCUT2D eigenvalue weighted by Gasteiger charge is 2.00. The van der Waals surface area contributed by atoms with Gasteiger partial charge in [0, 0.05) is 6.20 Å². The number of hydrogen-bond acceptors (Lipinski definition) is 2. The highest BCUT2D eigenvalue weighted by atomic mass is 16.5. The van der Waals surface area contributed by atoms with E-state index in [-0.39, 0.29) is 5.76 Å². The molecule has 0 aromatic carbocycles. The largest absolute Gasteiger partial charge is 0.475 e. The zero-order valence-corrected chi connectivity index (χ0v) is 5.65. The lowest BCUT2D eigenvalue weighted by atomic mass is 10.4. The molecule has 1 heterocycles. The first-order chi connectivity index (χ1) is 5.30. The third kappa shape index (κ3) is 2.17. The molecule has 0 saturated heterocycles. The molecule has 0 aliphatic carbocycles. The molecule has 0 radical (unpaired) electrons. The molecule has 0 bridgehead atoms. The molecule has 0 atom stereocenters. The van der Waals surface area contributed by atoms with Crippen LogP contribution in [-0.4, -0.2) is 16.2 Å². The summed E-state index contributed by atoms with van der Waals surface area (Å²) in [6.07, 6.45) is 1.49. The van der Waals surface area contributed by atoms with Gasteiger partial charge >= 0.3 is 5.97 Å². The average Bonchev–Trinajstić information content (AvgIpc) is 1.84. The predicted molar refractivity (Wildman–Crippen MR) is 37.6 cm³/mol. The molecule has 11 heavy (non-hydrogen) atoms. The molecule has 1 aromatic rings. The van der Waals surface area contributed by atoms with Gasteiger partial charge in [0.25, 0.3) is 0 Å². The van der Waals surface area contributed by atoms with Crippen LogP contribution in [0, 0.1) is 0 Å². The van der Waals surface area contributed by atoms with Gasteiger partial charge < -0.3 is 9.63 Å². The topological polar surface area (TPSA) is 66.2 Å². The molecule has 4 heteroatoms. The first-order valence-corrected chi connectivity index (χ1v) is 3.00. The SMILES string of the molecule is O=C(O)c1ccccc[nH]o1. The van der Waals surface area contributed by atoms with Crippen LogP contribution in [0.4, 0.5) is 0 Å². The Morgan fingerprint density at radius 3 is 3.00 bits per heavy atom. The van der Waals surface area contributed by atoms with E-state index < -0.39 is 5.97 Å². The Morgan fingerprint density at radius 2 is 2.27 bits per heavy atom. The van der Waals surface area contributed by atoms with Crippen LogP contribution in [0.5, 0.6) is 0 Å². The maximum absolute atomic E-state index is 10.3. The van der Waals surface area contributed by atoms with Gasteiger partial charge in [-0.2, -0.15) is 0 Å². The van der Waals surface area contributed by atoms with Gasteiger partial charge in [0.05, 0.1) is 0 Å². The molecule has 0 saturated carbocycles. The molecule has 2 N–H and O–H groups in total. The van der Waals surface area contributed by atoms with Crippen LogP contribution in [-0.2, 0) is 0 Å². The average molecular weight is 153 g/mol. The van der Waals surface area contributed by atoms with E-state index in [1.807, 2.05) is 0 Å². The number of nitrogens with one attached hydrogen (secondary N) is 1. The summed E-state index contributed by atoms with van der Waals surface area (Å²) in [5, 5.41) is 10.8. The molecular formula is C7H7NO3. The maximum Gasteiger partial charge on any atom is 0.374 e. The van der Waals surface area contributed by atoms with E-state index in [1.54, 1.807) is 18.2 Å². The van der Waals surface area contributed by atoms with Crippen molar-refractivity contribution in [2.24, 2.45) is 0 Å². The highest BCUT2D eigenvalue weighted by molar-refractivity contribution is 5.83. The third-order valence-corrected chi connectivity index (χ3v) is 1.01. The van der Waals surface area contributed by atoms with E-state index in [0.717, 1.165) is 0 Å². The Hall–Kier alpha value is -1.71. The number of carboxylic acids is 1. The van der Waals surface area contributed by atoms with E-state index in [9.17, 15) is 4.79 Å². The zero-order valence-electron chi connectivity index (χ0n) is 5.65. The minimum absolute atomic E-state index is 0.134. The summed E-state index contributed by atoms with van der Waals surface area (Å²) in [5.41, 5.74) is 0. The number of carbonyl (C=O) groups is 1. The molecule has 0 amide bonds. The first-order valence-electron chi connectivity index (χ1n) is 3.00. The van der Waals surface area contributed by atoms with Crippen molar-refractivity contribution in [1.29, 1.82) is 0 Å². The van der Waals surface area contributed by atoms with Crippen LogP contribution in [0.1, 0.15) is 10.6 Å². The number of hydrogen-bond donors (Lipinski definition) is 2. The summed E-state index contributed by atoms with van der Waals surface area (Å²) < 4.78 is 4.62. The van der Waals surface area contributed by atoms with Crippen molar-refractivity contribution in [2.75, 3.05) is 0 Å². The Morgan fingerprint density at radius 1 is 1.45 bits per heavy atom. The zero-order chi connectivity index (χ0) is 8.10. The molecule has 0 spiro atoms. The van der Waals surface area contributed by atoms with Gasteiger partial charge in [-0.05, 0) is 12.1 Å². The summed E-state index contributed by atoms with van der Waals surface area (Å²) in [5.74, 6) is -1.23. The quantitative estimate of drug-likeness (QED) is 0.641. The van der Waals surface area contributed by atoms with Crippen LogP contribution in [0.15, 0.2) is 35.0 Å². The highest BCUT2D eigenvalue weighted by Crippen LogP contribution is 1.92. The van der Waals surface area contributed by atoms with Gasteiger partial charge in [0.2, 0.25) is 5.76 Å². The molecular weight excluding hydrogens is 146 g/mol. The second kappa shape index (κ2) is 3.46. The van der Waals surface area contributed by atoms with Gasteiger partial charge in [0.15, 0.2) is 0 Å². The summed E-state index contributed by atoms with van der Waals surface area (Å²) in [7, 11) is 0. The van der Waals surface area contributed by atoms with Gasteiger partial charge in [-0.1, -0.05) is 12.1 Å². The van der Waals surface area contributed by atoms with Gasteiger partial charge in [-0.15, -0.1) is 0 Å². The summed E-state index contributed by atoms with van der Waals surface area (Å²) in [4.78, 5) is 10.3. The summed E-state index contributed by atoms with van der Waals surface area (Å²) in [6.45, 7) is 0. The van der Waals surface area contributed by atoms with E-state index in [1.165, 1.54) is 12.3 Å². The smallest absolute Gasteiger partial charge is 0.374 e. The van der Waals surface area contributed by atoms with Crippen molar-refractivity contribution >= 4 is 5.97 Å². The van der Waals surface area contributed by atoms with Crippen molar-refractivity contribution in [3.63, 3.8) is 0 Å². The molecule has 0 aliphatic rings. The fraction of sp³-hybridized carbons (Fsp3) is 0. The number of aromatic amines is 1. The molecule has 0 aliphatic heterocycles. The second-order valence-corrected chi connectivity index (χ2v) is 1.80. The van der Waals surface area contributed by atoms with Crippen LogP contribution >= 0.6 is 0 Å². The molecule has 0 fully saturated rings. The number of aromatic nitrogens is 1. The van der Waals surface area contributed by atoms with E-state index in [2.05, 4.69) is 9.68 Å². The number of aromatic carboxylic acids is 1. The third-order valence-electron chi connectivity index (χ3n) is 1.01. The lowest BCUT2D eigenvalue weighted by Gasteiger charge is -1.86.